The molecule has 6 nitrogen and oxygen atoms in total. The summed E-state index contributed by atoms with van der Waals surface area (Å²) in [6, 6.07) is 10.00. The van der Waals surface area contributed by atoms with Gasteiger partial charge < -0.3 is 5.32 Å². The minimum atomic E-state index is -0.591. The molecule has 26 heavy (non-hydrogen) atoms. The average molecular weight is 414 g/mol. The first-order chi connectivity index (χ1) is 12.5. The number of anilines is 1. The van der Waals surface area contributed by atoms with Crippen molar-refractivity contribution in [3.05, 3.63) is 70.8 Å². The van der Waals surface area contributed by atoms with E-state index in [9.17, 15) is 9.18 Å². The lowest BCUT2D eigenvalue weighted by Gasteiger charge is -2.08. The first kappa shape index (κ1) is 16.5. The number of amides is 1. The van der Waals surface area contributed by atoms with E-state index in [0.717, 1.165) is 16.6 Å². The molecule has 0 saturated carbocycles. The van der Waals surface area contributed by atoms with Gasteiger partial charge in [-0.05, 0) is 46.3 Å². The highest BCUT2D eigenvalue weighted by Crippen LogP contribution is 2.24. The van der Waals surface area contributed by atoms with E-state index in [0.29, 0.717) is 5.69 Å². The molecule has 0 aliphatic rings. The number of carbonyl (C=O) groups is 1. The molecule has 0 aliphatic carbocycles. The molecule has 2 aromatic heterocycles. The van der Waals surface area contributed by atoms with E-state index in [1.165, 1.54) is 6.07 Å². The van der Waals surface area contributed by atoms with Crippen molar-refractivity contribution >= 4 is 38.4 Å². The molecule has 8 heteroatoms. The first-order valence-corrected chi connectivity index (χ1v) is 8.54. The fourth-order valence-electron chi connectivity index (χ4n) is 2.70. The van der Waals surface area contributed by atoms with Crippen molar-refractivity contribution in [2.45, 2.75) is 0 Å². The smallest absolute Gasteiger partial charge is 0.258 e. The number of nitrogens with one attached hydrogen (secondary N) is 1. The van der Waals surface area contributed by atoms with Crippen LogP contribution in [0.15, 0.2) is 59.5 Å². The van der Waals surface area contributed by atoms with Crippen molar-refractivity contribution in [3.8, 4) is 5.69 Å². The summed E-state index contributed by atoms with van der Waals surface area (Å²) in [6.07, 6.45) is 5.28. The summed E-state index contributed by atoms with van der Waals surface area (Å²) in [6.45, 7) is 0. The molecule has 0 spiro atoms. The van der Waals surface area contributed by atoms with Crippen LogP contribution in [0, 0.1) is 5.82 Å². The lowest BCUT2D eigenvalue weighted by Crippen LogP contribution is -2.14. The van der Waals surface area contributed by atoms with E-state index >= 15 is 0 Å². The molecule has 0 fully saturated rings. The molecule has 1 amide bonds. The van der Waals surface area contributed by atoms with Crippen molar-refractivity contribution in [3.63, 3.8) is 0 Å². The van der Waals surface area contributed by atoms with Crippen LogP contribution in [0.2, 0.25) is 0 Å². The Labute approximate surface area is 156 Å². The summed E-state index contributed by atoms with van der Waals surface area (Å²) in [5.74, 6) is -1.11. The molecule has 0 atom stereocenters. The number of fused-ring (bicyclic) bond motifs is 1. The molecular formula is C18H13BrFN5O. The fourth-order valence-corrected chi connectivity index (χ4v) is 3.06. The Hall–Kier alpha value is -3.00. The molecule has 2 aromatic carbocycles. The van der Waals surface area contributed by atoms with E-state index in [4.69, 9.17) is 0 Å². The lowest BCUT2D eigenvalue weighted by atomic mass is 10.2. The van der Waals surface area contributed by atoms with Crippen LogP contribution in [0.5, 0.6) is 0 Å². The highest BCUT2D eigenvalue weighted by Gasteiger charge is 2.15. The van der Waals surface area contributed by atoms with Crippen molar-refractivity contribution in [2.75, 3.05) is 5.32 Å². The predicted molar refractivity (Wildman–Crippen MR) is 99.9 cm³/mol. The molecule has 130 valence electrons. The molecule has 0 saturated heterocycles. The Bertz CT molecular complexity index is 1130. The van der Waals surface area contributed by atoms with Crippen molar-refractivity contribution < 1.29 is 9.18 Å². The van der Waals surface area contributed by atoms with Gasteiger partial charge in [0.15, 0.2) is 0 Å². The third-order valence-corrected chi connectivity index (χ3v) is 4.57. The minimum Gasteiger partial charge on any atom is -0.322 e. The van der Waals surface area contributed by atoms with Gasteiger partial charge in [0, 0.05) is 18.1 Å². The van der Waals surface area contributed by atoms with Crippen LogP contribution < -0.4 is 5.32 Å². The number of aryl methyl sites for hydroxylation is 1. The topological polar surface area (TPSA) is 64.7 Å². The van der Waals surface area contributed by atoms with Crippen LogP contribution in [0.4, 0.5) is 10.1 Å². The van der Waals surface area contributed by atoms with Gasteiger partial charge in [0.2, 0.25) is 0 Å². The Kier molecular flexibility index (Phi) is 4.04. The van der Waals surface area contributed by atoms with Crippen LogP contribution >= 0.6 is 15.9 Å². The van der Waals surface area contributed by atoms with Crippen molar-refractivity contribution in [1.82, 2.24) is 19.6 Å². The molecule has 0 bridgehead atoms. The van der Waals surface area contributed by atoms with Gasteiger partial charge in [-0.25, -0.2) is 9.07 Å². The number of carbonyl (C=O) groups excluding carboxylic acids is 1. The molecule has 0 radical (unpaired) electrons. The zero-order valence-corrected chi connectivity index (χ0v) is 15.2. The predicted octanol–water partition coefficient (Wildman–Crippen LogP) is 3.91. The van der Waals surface area contributed by atoms with E-state index in [1.807, 2.05) is 19.3 Å². The van der Waals surface area contributed by atoms with E-state index in [2.05, 4.69) is 31.4 Å². The van der Waals surface area contributed by atoms with Gasteiger partial charge in [0.25, 0.3) is 5.91 Å². The Morgan fingerprint density at radius 3 is 2.81 bits per heavy atom. The number of benzene rings is 2. The summed E-state index contributed by atoms with van der Waals surface area (Å²) in [7, 11) is 1.83. The van der Waals surface area contributed by atoms with E-state index in [1.54, 1.807) is 46.0 Å². The van der Waals surface area contributed by atoms with Crippen molar-refractivity contribution in [1.29, 1.82) is 0 Å². The number of hydrogen-bond acceptors (Lipinski definition) is 3. The molecule has 2 heterocycles. The van der Waals surface area contributed by atoms with Gasteiger partial charge >= 0.3 is 0 Å². The van der Waals surface area contributed by atoms with Crippen LogP contribution in [-0.2, 0) is 7.05 Å². The van der Waals surface area contributed by atoms with Crippen molar-refractivity contribution in [2.24, 2.45) is 7.05 Å². The number of hydrogen-bond donors (Lipinski definition) is 1. The zero-order valence-electron chi connectivity index (χ0n) is 13.6. The van der Waals surface area contributed by atoms with E-state index in [-0.39, 0.29) is 10.0 Å². The highest BCUT2D eigenvalue weighted by molar-refractivity contribution is 9.10. The second-order valence-electron chi connectivity index (χ2n) is 5.76. The molecule has 0 unspecified atom stereocenters. The molecule has 0 aliphatic heterocycles. The minimum absolute atomic E-state index is 0.0276. The molecule has 1 N–H and O–H groups in total. The summed E-state index contributed by atoms with van der Waals surface area (Å²) in [5.41, 5.74) is 2.14. The maximum absolute atomic E-state index is 14.1. The quantitative estimate of drug-likeness (QED) is 0.553. The monoisotopic (exact) mass is 413 g/mol. The summed E-state index contributed by atoms with van der Waals surface area (Å²) >= 11 is 3.09. The Morgan fingerprint density at radius 2 is 2.04 bits per heavy atom. The maximum Gasteiger partial charge on any atom is 0.258 e. The maximum atomic E-state index is 14.1. The van der Waals surface area contributed by atoms with Gasteiger partial charge in [-0.2, -0.15) is 10.2 Å². The molecule has 4 aromatic rings. The number of nitrogens with zero attached hydrogens (tertiary/aromatic N) is 4. The van der Waals surface area contributed by atoms with Gasteiger partial charge in [-0.3, -0.25) is 9.48 Å². The summed E-state index contributed by atoms with van der Waals surface area (Å²) < 4.78 is 17.8. The van der Waals surface area contributed by atoms with E-state index < -0.39 is 11.7 Å². The van der Waals surface area contributed by atoms with Crippen LogP contribution in [0.25, 0.3) is 16.6 Å². The Morgan fingerprint density at radius 1 is 1.19 bits per heavy atom. The SMILES string of the molecule is Cn1cc(-n2ncc3ccc(NC(=O)c4cccc(Br)c4F)cc32)cn1. The second-order valence-corrected chi connectivity index (χ2v) is 6.61. The van der Waals surface area contributed by atoms with Crippen LogP contribution in [0.1, 0.15) is 10.4 Å². The van der Waals surface area contributed by atoms with Gasteiger partial charge in [0.05, 0.1) is 34.1 Å². The van der Waals surface area contributed by atoms with Crippen LogP contribution in [0.3, 0.4) is 0 Å². The summed E-state index contributed by atoms with van der Waals surface area (Å²) in [5, 5.41) is 12.2. The summed E-state index contributed by atoms with van der Waals surface area (Å²) in [4.78, 5) is 12.4. The highest BCUT2D eigenvalue weighted by atomic mass is 79.9. The first-order valence-electron chi connectivity index (χ1n) is 7.75. The average Bonchev–Trinajstić information content (AvgIpc) is 3.22. The molecular weight excluding hydrogens is 401 g/mol. The zero-order chi connectivity index (χ0) is 18.3. The third-order valence-electron chi connectivity index (χ3n) is 3.96. The standard InChI is InChI=1S/C18H13BrFN5O/c1-24-10-13(9-21-24)25-16-7-12(6-5-11(16)8-22-25)23-18(26)14-3-2-4-15(19)17(14)20/h2-10H,1H3,(H,23,26). The largest absolute Gasteiger partial charge is 0.322 e. The Balaban J connectivity index is 1.69. The normalized spacial score (nSPS) is 11.0. The number of aromatic nitrogens is 4. The van der Waals surface area contributed by atoms with Gasteiger partial charge in [-0.15, -0.1) is 0 Å². The van der Waals surface area contributed by atoms with Gasteiger partial charge in [-0.1, -0.05) is 6.07 Å². The molecule has 4 rings (SSSR count). The number of halogens is 2. The fraction of sp³-hybridized carbons (Fsp3) is 0.0556. The third kappa shape index (κ3) is 2.88. The number of rotatable bonds is 3. The van der Waals surface area contributed by atoms with Gasteiger partial charge in [0.1, 0.15) is 11.5 Å². The second kappa shape index (κ2) is 6.38. The van der Waals surface area contributed by atoms with Crippen LogP contribution in [-0.4, -0.2) is 25.5 Å². The lowest BCUT2D eigenvalue weighted by molar-refractivity contribution is 0.102.